The van der Waals surface area contributed by atoms with Gasteiger partial charge < -0.3 is 13.4 Å². The molecule has 0 saturated carbocycles. The molecule has 0 N–H and O–H groups in total. The molecule has 3 heterocycles. The van der Waals surface area contributed by atoms with Crippen molar-refractivity contribution in [3.05, 3.63) is 282 Å². The van der Waals surface area contributed by atoms with Crippen molar-refractivity contribution in [3.8, 4) is 39.1 Å². The Balaban J connectivity index is 0.911. The van der Waals surface area contributed by atoms with Crippen molar-refractivity contribution in [3.63, 3.8) is 0 Å². The third kappa shape index (κ3) is 5.98. The Bertz CT molecular complexity index is 4440. The highest BCUT2D eigenvalue weighted by Gasteiger charge is 2.46. The van der Waals surface area contributed by atoms with Crippen LogP contribution in [0.25, 0.3) is 105 Å². The number of hydrogen-bond donors (Lipinski definition) is 0. The molecule has 72 heavy (non-hydrogen) atoms. The summed E-state index contributed by atoms with van der Waals surface area (Å²) in [5, 5.41) is 6.90. The van der Waals surface area contributed by atoms with Crippen molar-refractivity contribution in [2.45, 2.75) is 18.8 Å². The van der Waals surface area contributed by atoms with Crippen LogP contribution in [0.15, 0.2) is 251 Å². The van der Waals surface area contributed by atoms with Crippen LogP contribution >= 0.6 is 0 Å². The summed E-state index contributed by atoms with van der Waals surface area (Å²) in [7, 11) is 0. The minimum atomic E-state index is -0.478. The monoisotopic (exact) mass is 919 g/mol. The van der Waals surface area contributed by atoms with Gasteiger partial charge in [0.2, 0.25) is 0 Å². The highest BCUT2D eigenvalue weighted by atomic mass is 16.3. The van der Waals surface area contributed by atoms with Gasteiger partial charge in [-0.15, -0.1) is 0 Å². The smallest absolute Gasteiger partial charge is 0.137 e. The van der Waals surface area contributed by atoms with Gasteiger partial charge in [0.15, 0.2) is 0 Å². The number of furan rings is 2. The van der Waals surface area contributed by atoms with Gasteiger partial charge in [0.25, 0.3) is 0 Å². The van der Waals surface area contributed by atoms with Crippen molar-refractivity contribution in [2.24, 2.45) is 0 Å². The molecule has 0 spiro atoms. The van der Waals surface area contributed by atoms with Gasteiger partial charge in [0.1, 0.15) is 22.3 Å². The van der Waals surface area contributed by atoms with Crippen molar-refractivity contribution >= 4 is 65.7 Å². The first-order valence-corrected chi connectivity index (χ1v) is 24.9. The molecule has 1 aliphatic rings. The molecule has 14 aromatic rings. The number of fused-ring (bicyclic) bond motifs is 12. The van der Waals surface area contributed by atoms with E-state index in [0.717, 1.165) is 67.0 Å². The standard InChI is InChI=1S/C69H45NO2/c1-43-29-31-45(46-32-34-63-57(38-46)58-41-60-54-25-13-16-28-66(54)72-68(60)42-64(58)70(63)50-21-9-4-10-22-50)37-55(43)56-40-59-53-24-12-15-27-65(53)71-67(59)39-47(56)35-44-30-33-52-51-23-11-14-26-61(51)69(62(52)36-44,48-17-5-2-6-18-48)49-19-7-3-8-20-49/h2-34,36-42H,35H2,1H3. The lowest BCUT2D eigenvalue weighted by atomic mass is 9.67. The lowest BCUT2D eigenvalue weighted by Gasteiger charge is -2.34. The van der Waals surface area contributed by atoms with E-state index in [-0.39, 0.29) is 0 Å². The maximum absolute atomic E-state index is 6.66. The second-order valence-corrected chi connectivity index (χ2v) is 19.6. The summed E-state index contributed by atoms with van der Waals surface area (Å²) in [6.07, 6.45) is 0.720. The lowest BCUT2D eigenvalue weighted by molar-refractivity contribution is 0.668. The number of aromatic nitrogens is 1. The Hall–Kier alpha value is -9.18. The van der Waals surface area contributed by atoms with Gasteiger partial charge in [0.05, 0.1) is 16.4 Å². The summed E-state index contributed by atoms with van der Waals surface area (Å²) in [4.78, 5) is 0. The number of aryl methyl sites for hydroxylation is 1. The van der Waals surface area contributed by atoms with Crippen LogP contribution in [0.3, 0.4) is 0 Å². The number of rotatable bonds is 7. The minimum absolute atomic E-state index is 0.478. The fourth-order valence-electron chi connectivity index (χ4n) is 12.4. The van der Waals surface area contributed by atoms with Crippen LogP contribution in [-0.2, 0) is 11.8 Å². The first-order chi connectivity index (χ1) is 35.6. The maximum Gasteiger partial charge on any atom is 0.137 e. The molecule has 1 aliphatic carbocycles. The molecule has 11 aromatic carbocycles. The number of benzene rings is 11. The Labute approximate surface area is 416 Å². The van der Waals surface area contributed by atoms with Crippen molar-refractivity contribution < 1.29 is 8.83 Å². The van der Waals surface area contributed by atoms with Crippen LogP contribution in [0.5, 0.6) is 0 Å². The van der Waals surface area contributed by atoms with Gasteiger partial charge in [-0.3, -0.25) is 0 Å². The van der Waals surface area contributed by atoms with E-state index >= 15 is 0 Å². The normalized spacial score (nSPS) is 13.0. The number of hydrogen-bond acceptors (Lipinski definition) is 2. The number of para-hydroxylation sites is 3. The van der Waals surface area contributed by atoms with Crippen LogP contribution in [0.2, 0.25) is 0 Å². The lowest BCUT2D eigenvalue weighted by Crippen LogP contribution is -2.28. The third-order valence-corrected chi connectivity index (χ3v) is 15.7. The number of nitrogens with zero attached hydrogens (tertiary/aromatic N) is 1. The molecular weight excluding hydrogens is 875 g/mol. The van der Waals surface area contributed by atoms with Gasteiger partial charge in [-0.05, 0) is 146 Å². The van der Waals surface area contributed by atoms with E-state index in [2.05, 4.69) is 248 Å². The molecule has 15 rings (SSSR count). The summed E-state index contributed by atoms with van der Waals surface area (Å²) in [6.45, 7) is 2.25. The van der Waals surface area contributed by atoms with E-state index < -0.39 is 5.41 Å². The molecular formula is C69H45NO2. The SMILES string of the molecule is Cc1ccc(-c2ccc3c(c2)c2cc4c(cc2n3-c2ccccc2)oc2ccccc24)cc1-c1cc2c(cc1Cc1ccc3c(c1)C(c1ccccc1)(c1ccccc1)c1ccccc1-3)oc1ccccc12. The summed E-state index contributed by atoms with van der Waals surface area (Å²) in [5.41, 5.74) is 22.7. The van der Waals surface area contributed by atoms with E-state index in [1.807, 2.05) is 6.07 Å². The molecule has 0 radical (unpaired) electrons. The topological polar surface area (TPSA) is 31.2 Å². The Kier molecular flexibility index (Phi) is 8.85. The molecule has 0 saturated heterocycles. The second kappa shape index (κ2) is 15.7. The van der Waals surface area contributed by atoms with Crippen molar-refractivity contribution in [2.75, 3.05) is 0 Å². The first kappa shape index (κ1) is 40.7. The van der Waals surface area contributed by atoms with E-state index in [4.69, 9.17) is 8.83 Å². The van der Waals surface area contributed by atoms with Gasteiger partial charge in [-0.1, -0.05) is 176 Å². The van der Waals surface area contributed by atoms with Crippen LogP contribution in [0, 0.1) is 6.92 Å². The highest BCUT2D eigenvalue weighted by molar-refractivity contribution is 6.18. The zero-order valence-electron chi connectivity index (χ0n) is 39.6. The summed E-state index contributed by atoms with van der Waals surface area (Å²) >= 11 is 0. The molecule has 0 fully saturated rings. The fraction of sp³-hybridized carbons (Fsp3) is 0.0435. The third-order valence-electron chi connectivity index (χ3n) is 15.7. The average molecular weight is 920 g/mol. The van der Waals surface area contributed by atoms with Gasteiger partial charge >= 0.3 is 0 Å². The Morgan fingerprint density at radius 2 is 0.944 bits per heavy atom. The maximum atomic E-state index is 6.66. The molecule has 0 amide bonds. The second-order valence-electron chi connectivity index (χ2n) is 19.6. The quantitative estimate of drug-likeness (QED) is 0.159. The summed E-state index contributed by atoms with van der Waals surface area (Å²) < 4.78 is 15.5. The van der Waals surface area contributed by atoms with Crippen molar-refractivity contribution in [1.82, 2.24) is 4.57 Å². The van der Waals surface area contributed by atoms with Gasteiger partial charge in [0, 0.05) is 44.1 Å². The van der Waals surface area contributed by atoms with Gasteiger partial charge in [-0.2, -0.15) is 0 Å². The summed E-state index contributed by atoms with van der Waals surface area (Å²) in [5.74, 6) is 0. The van der Waals surface area contributed by atoms with E-state index in [0.29, 0.717) is 0 Å². The first-order valence-electron chi connectivity index (χ1n) is 24.9. The molecule has 3 heteroatoms. The fourth-order valence-corrected chi connectivity index (χ4v) is 12.4. The van der Waals surface area contributed by atoms with Crippen molar-refractivity contribution in [1.29, 1.82) is 0 Å². The van der Waals surface area contributed by atoms with E-state index in [9.17, 15) is 0 Å². The highest BCUT2D eigenvalue weighted by Crippen LogP contribution is 2.56. The summed E-state index contributed by atoms with van der Waals surface area (Å²) in [6, 6.07) is 89.0. The molecule has 0 unspecified atom stereocenters. The van der Waals surface area contributed by atoms with Crippen LogP contribution in [0.4, 0.5) is 0 Å². The molecule has 3 aromatic heterocycles. The molecule has 0 aliphatic heterocycles. The Morgan fingerprint density at radius 1 is 0.361 bits per heavy atom. The zero-order chi connectivity index (χ0) is 47.5. The van der Waals surface area contributed by atoms with Crippen LogP contribution in [-0.4, -0.2) is 4.57 Å². The average Bonchev–Trinajstić information content (AvgIpc) is 4.17. The molecule has 0 bridgehead atoms. The molecule has 338 valence electrons. The molecule has 3 nitrogen and oxygen atoms in total. The largest absolute Gasteiger partial charge is 0.456 e. The minimum Gasteiger partial charge on any atom is -0.456 e. The zero-order valence-corrected chi connectivity index (χ0v) is 39.6. The van der Waals surface area contributed by atoms with E-state index in [1.54, 1.807) is 0 Å². The van der Waals surface area contributed by atoms with E-state index in [1.165, 1.54) is 83.1 Å². The van der Waals surface area contributed by atoms with Crippen LogP contribution in [0.1, 0.15) is 38.9 Å². The predicted molar refractivity (Wildman–Crippen MR) is 297 cm³/mol. The predicted octanol–water partition coefficient (Wildman–Crippen LogP) is 18.2. The molecule has 0 atom stereocenters. The Morgan fingerprint density at radius 3 is 1.68 bits per heavy atom. The van der Waals surface area contributed by atoms with Gasteiger partial charge in [-0.25, -0.2) is 0 Å². The van der Waals surface area contributed by atoms with Crippen LogP contribution < -0.4 is 0 Å².